The molecule has 0 radical (unpaired) electrons. The van der Waals surface area contributed by atoms with Gasteiger partial charge in [-0.1, -0.05) is 45.9 Å². The van der Waals surface area contributed by atoms with E-state index >= 15 is 0 Å². The van der Waals surface area contributed by atoms with E-state index in [1.54, 1.807) is 24.3 Å². The van der Waals surface area contributed by atoms with Crippen molar-refractivity contribution in [3.05, 3.63) is 59.9 Å². The van der Waals surface area contributed by atoms with Gasteiger partial charge in [0.1, 0.15) is 5.82 Å². The van der Waals surface area contributed by atoms with Gasteiger partial charge in [0.25, 0.3) is 5.91 Å². The summed E-state index contributed by atoms with van der Waals surface area (Å²) in [7, 11) is -3.68. The molecule has 0 spiro atoms. The van der Waals surface area contributed by atoms with Crippen LogP contribution in [-0.2, 0) is 10.0 Å². The predicted octanol–water partition coefficient (Wildman–Crippen LogP) is 4.51. The average Bonchev–Trinajstić information content (AvgIpc) is 3.29. The van der Waals surface area contributed by atoms with E-state index in [0.717, 1.165) is 12.2 Å². The number of benzene rings is 2. The van der Waals surface area contributed by atoms with E-state index in [2.05, 4.69) is 34.3 Å². The highest BCUT2D eigenvalue weighted by Gasteiger charge is 2.32. The van der Waals surface area contributed by atoms with Crippen molar-refractivity contribution in [1.82, 2.24) is 19.5 Å². The molecule has 9 heteroatoms. The van der Waals surface area contributed by atoms with Gasteiger partial charge in [-0.05, 0) is 48.6 Å². The lowest BCUT2D eigenvalue weighted by Gasteiger charge is -2.34. The Kier molecular flexibility index (Phi) is 6.86. The lowest BCUT2D eigenvalue weighted by Crippen LogP contribution is -2.42. The number of hydrogen-bond acceptors (Lipinski definition) is 5. The minimum atomic E-state index is -3.68. The summed E-state index contributed by atoms with van der Waals surface area (Å²) in [5.41, 5.74) is 1.50. The molecule has 34 heavy (non-hydrogen) atoms. The molecule has 1 fully saturated rings. The zero-order valence-corrected chi connectivity index (χ0v) is 20.8. The van der Waals surface area contributed by atoms with E-state index < -0.39 is 15.9 Å². The minimum absolute atomic E-state index is 0.130. The van der Waals surface area contributed by atoms with Gasteiger partial charge in [0.15, 0.2) is 5.82 Å². The Morgan fingerprint density at radius 3 is 2.47 bits per heavy atom. The molecule has 2 N–H and O–H groups in total. The van der Waals surface area contributed by atoms with Gasteiger partial charge in [0.05, 0.1) is 10.6 Å². The van der Waals surface area contributed by atoms with Crippen molar-refractivity contribution in [2.75, 3.05) is 18.4 Å². The number of nitrogens with one attached hydrogen (secondary N) is 2. The Morgan fingerprint density at radius 1 is 1.09 bits per heavy atom. The lowest BCUT2D eigenvalue weighted by molar-refractivity contribution is 0.102. The number of nitrogens with zero attached hydrogens (tertiary/aromatic N) is 3. The first-order valence-corrected chi connectivity index (χ1v) is 13.0. The highest BCUT2D eigenvalue weighted by atomic mass is 32.2. The maximum atomic E-state index is 13.3. The summed E-state index contributed by atoms with van der Waals surface area (Å²) in [4.78, 5) is 17.8. The zero-order valence-electron chi connectivity index (χ0n) is 19.9. The molecule has 2 aromatic carbocycles. The molecule has 1 aliphatic rings. The third-order valence-electron chi connectivity index (χ3n) is 6.04. The molecule has 1 amide bonds. The van der Waals surface area contributed by atoms with Gasteiger partial charge in [-0.25, -0.2) is 13.4 Å². The Hall–Kier alpha value is -3.04. The molecule has 2 heterocycles. The highest BCUT2D eigenvalue weighted by Crippen LogP contribution is 2.29. The van der Waals surface area contributed by atoms with E-state index in [9.17, 15) is 13.2 Å². The van der Waals surface area contributed by atoms with Crippen molar-refractivity contribution < 1.29 is 13.2 Å². The SMILES string of the molecule is CC1CC(C)CN(S(=O)(=O)c2cccc(C(=O)Nc3ccccc3-c3n[nH]c(C(C)C)n3)c2)C1. The average molecular weight is 482 g/mol. The fourth-order valence-electron chi connectivity index (χ4n) is 4.38. The van der Waals surface area contributed by atoms with Crippen molar-refractivity contribution in [3.63, 3.8) is 0 Å². The molecule has 2 atom stereocenters. The number of aromatic amines is 1. The summed E-state index contributed by atoms with van der Waals surface area (Å²) < 4.78 is 28.1. The van der Waals surface area contributed by atoms with Gasteiger partial charge < -0.3 is 5.32 Å². The molecule has 0 saturated carbocycles. The van der Waals surface area contributed by atoms with E-state index in [-0.39, 0.29) is 16.4 Å². The summed E-state index contributed by atoms with van der Waals surface area (Å²) in [6.45, 7) is 9.15. The Labute approximate surface area is 200 Å². The molecular weight excluding hydrogens is 450 g/mol. The summed E-state index contributed by atoms with van der Waals surface area (Å²) in [5.74, 6) is 1.64. The molecule has 0 aliphatic carbocycles. The second-order valence-corrected chi connectivity index (χ2v) is 11.4. The first-order chi connectivity index (χ1) is 16.1. The van der Waals surface area contributed by atoms with Crippen molar-refractivity contribution in [2.24, 2.45) is 11.8 Å². The normalized spacial score (nSPS) is 19.3. The zero-order chi connectivity index (χ0) is 24.5. The van der Waals surface area contributed by atoms with Crippen LogP contribution >= 0.6 is 0 Å². The van der Waals surface area contributed by atoms with Crippen molar-refractivity contribution in [1.29, 1.82) is 0 Å². The maximum absolute atomic E-state index is 13.3. The number of carbonyl (C=O) groups is 1. The fourth-order valence-corrected chi connectivity index (χ4v) is 6.11. The number of sulfonamides is 1. The molecule has 8 nitrogen and oxygen atoms in total. The number of anilines is 1. The molecule has 1 aromatic heterocycles. The van der Waals surface area contributed by atoms with Crippen LogP contribution < -0.4 is 5.32 Å². The van der Waals surface area contributed by atoms with Crippen LogP contribution in [0.1, 0.15) is 56.2 Å². The molecule has 1 saturated heterocycles. The highest BCUT2D eigenvalue weighted by molar-refractivity contribution is 7.89. The van der Waals surface area contributed by atoms with Crippen LogP contribution in [0.15, 0.2) is 53.4 Å². The minimum Gasteiger partial charge on any atom is -0.321 e. The number of H-pyrrole nitrogens is 1. The molecular formula is C25H31N5O3S. The topological polar surface area (TPSA) is 108 Å². The van der Waals surface area contributed by atoms with Gasteiger partial charge in [0, 0.05) is 30.1 Å². The molecule has 1 aliphatic heterocycles. The Bertz CT molecular complexity index is 1270. The number of para-hydroxylation sites is 1. The van der Waals surface area contributed by atoms with E-state index in [0.29, 0.717) is 42.0 Å². The van der Waals surface area contributed by atoms with Gasteiger partial charge in [0.2, 0.25) is 10.0 Å². The van der Waals surface area contributed by atoms with Crippen molar-refractivity contribution in [2.45, 2.75) is 44.9 Å². The number of rotatable bonds is 6. The Balaban J connectivity index is 1.58. The largest absolute Gasteiger partial charge is 0.321 e. The number of piperidine rings is 1. The van der Waals surface area contributed by atoms with Gasteiger partial charge >= 0.3 is 0 Å². The number of carbonyl (C=O) groups excluding carboxylic acids is 1. The quantitative estimate of drug-likeness (QED) is 0.538. The smallest absolute Gasteiger partial charge is 0.255 e. The lowest BCUT2D eigenvalue weighted by atomic mass is 9.94. The summed E-state index contributed by atoms with van der Waals surface area (Å²) in [6.07, 6.45) is 1.01. The third kappa shape index (κ3) is 5.05. The van der Waals surface area contributed by atoms with Crippen LogP contribution in [0, 0.1) is 11.8 Å². The molecule has 3 aromatic rings. The number of aromatic nitrogens is 3. The van der Waals surface area contributed by atoms with E-state index in [1.165, 1.54) is 10.4 Å². The number of hydrogen-bond donors (Lipinski definition) is 2. The van der Waals surface area contributed by atoms with Gasteiger partial charge in [-0.2, -0.15) is 9.40 Å². The second kappa shape index (κ2) is 9.68. The van der Waals surface area contributed by atoms with Crippen LogP contribution in [0.25, 0.3) is 11.4 Å². The van der Waals surface area contributed by atoms with Crippen LogP contribution in [0.2, 0.25) is 0 Å². The first-order valence-electron chi connectivity index (χ1n) is 11.6. The number of amides is 1. The summed E-state index contributed by atoms with van der Waals surface area (Å²) >= 11 is 0. The summed E-state index contributed by atoms with van der Waals surface area (Å²) in [6, 6.07) is 13.5. The standard InChI is InChI=1S/C25H31N5O3S/c1-16(2)23-27-24(29-28-23)21-10-5-6-11-22(21)26-25(31)19-8-7-9-20(13-19)34(32,33)30-14-17(3)12-18(4)15-30/h5-11,13,16-18H,12,14-15H2,1-4H3,(H,26,31)(H,27,28,29). The Morgan fingerprint density at radius 2 is 1.79 bits per heavy atom. The van der Waals surface area contributed by atoms with Gasteiger partial charge in [-0.15, -0.1) is 0 Å². The fraction of sp³-hybridized carbons (Fsp3) is 0.400. The first kappa shape index (κ1) is 24.1. The predicted molar refractivity (Wildman–Crippen MR) is 132 cm³/mol. The van der Waals surface area contributed by atoms with Crippen LogP contribution in [-0.4, -0.2) is 46.9 Å². The summed E-state index contributed by atoms with van der Waals surface area (Å²) in [5, 5.41) is 10.1. The molecule has 2 unspecified atom stereocenters. The van der Waals surface area contributed by atoms with Crippen LogP contribution in [0.4, 0.5) is 5.69 Å². The van der Waals surface area contributed by atoms with E-state index in [1.807, 2.05) is 32.0 Å². The van der Waals surface area contributed by atoms with Crippen molar-refractivity contribution in [3.8, 4) is 11.4 Å². The van der Waals surface area contributed by atoms with Crippen LogP contribution in [0.3, 0.4) is 0 Å². The van der Waals surface area contributed by atoms with Crippen molar-refractivity contribution >= 4 is 21.6 Å². The monoisotopic (exact) mass is 481 g/mol. The molecule has 180 valence electrons. The van der Waals surface area contributed by atoms with Crippen LogP contribution in [0.5, 0.6) is 0 Å². The molecule has 0 bridgehead atoms. The molecule has 4 rings (SSSR count). The third-order valence-corrected chi connectivity index (χ3v) is 7.86. The maximum Gasteiger partial charge on any atom is 0.255 e. The van der Waals surface area contributed by atoms with Gasteiger partial charge in [-0.3, -0.25) is 9.89 Å². The second-order valence-electron chi connectivity index (χ2n) is 9.49. The van der Waals surface area contributed by atoms with E-state index in [4.69, 9.17) is 0 Å².